The van der Waals surface area contributed by atoms with Gasteiger partial charge in [0, 0.05) is 12.2 Å². The average Bonchev–Trinajstić information content (AvgIpc) is 2.87. The molecule has 1 heterocycles. The van der Waals surface area contributed by atoms with Gasteiger partial charge in [-0.1, -0.05) is 6.92 Å². The summed E-state index contributed by atoms with van der Waals surface area (Å²) < 4.78 is 42.3. The van der Waals surface area contributed by atoms with Gasteiger partial charge in [0.25, 0.3) is 0 Å². The number of nitrogens with one attached hydrogen (secondary N) is 2. The van der Waals surface area contributed by atoms with Gasteiger partial charge in [-0.3, -0.25) is 0 Å². The van der Waals surface area contributed by atoms with Crippen molar-refractivity contribution in [3.63, 3.8) is 0 Å². The molecule has 0 saturated carbocycles. The third-order valence-electron chi connectivity index (χ3n) is 3.24. The van der Waals surface area contributed by atoms with Gasteiger partial charge in [-0.2, -0.15) is 13.2 Å². The van der Waals surface area contributed by atoms with Crippen molar-refractivity contribution in [3.05, 3.63) is 24.1 Å². The molecule has 0 fully saturated rings. The zero-order valence-corrected chi connectivity index (χ0v) is 13.1. The normalized spacial score (nSPS) is 14.4. The number of hydrogen-bond donors (Lipinski definition) is 3. The van der Waals surface area contributed by atoms with E-state index >= 15 is 0 Å². The summed E-state index contributed by atoms with van der Waals surface area (Å²) in [6.07, 6.45) is -4.57. The molecule has 9 heteroatoms. The van der Waals surface area contributed by atoms with Gasteiger partial charge >= 0.3 is 18.1 Å². The molecule has 0 spiro atoms. The largest absolute Gasteiger partial charge is 0.468 e. The van der Waals surface area contributed by atoms with Crippen LogP contribution in [0.15, 0.2) is 22.6 Å². The molecule has 3 N–H and O–H groups in total. The van der Waals surface area contributed by atoms with E-state index in [4.69, 9.17) is 0 Å². The molecule has 0 unspecified atom stereocenters. The number of anilines is 1. The number of aliphatic hydroxyl groups is 1. The molecule has 0 aliphatic rings. The van der Waals surface area contributed by atoms with Crippen LogP contribution in [0.4, 0.5) is 23.7 Å². The summed E-state index contributed by atoms with van der Waals surface area (Å²) in [5.41, 5.74) is 0.284. The van der Waals surface area contributed by atoms with Gasteiger partial charge in [0.05, 0.1) is 6.10 Å². The molecule has 0 aliphatic heterocycles. The highest BCUT2D eigenvalue weighted by molar-refractivity contribution is 5.91. The lowest BCUT2D eigenvalue weighted by molar-refractivity contribution is -0.156. The first kappa shape index (κ1) is 18.1. The highest BCUT2D eigenvalue weighted by atomic mass is 19.4. The van der Waals surface area contributed by atoms with Crippen LogP contribution in [0.5, 0.6) is 0 Å². The van der Waals surface area contributed by atoms with E-state index in [-0.39, 0.29) is 17.0 Å². The Kier molecular flexibility index (Phi) is 5.33. The smallest absolute Gasteiger partial charge is 0.433 e. The number of halogens is 3. The Morgan fingerprint density at radius 3 is 2.71 bits per heavy atom. The number of benzene rings is 1. The number of hydrogen-bond acceptors (Lipinski definition) is 4. The second kappa shape index (κ2) is 7.08. The molecule has 1 aromatic carbocycles. The van der Waals surface area contributed by atoms with E-state index in [1.165, 1.54) is 18.2 Å². The minimum atomic E-state index is -4.66. The van der Waals surface area contributed by atoms with E-state index in [9.17, 15) is 23.1 Å². The van der Waals surface area contributed by atoms with Crippen molar-refractivity contribution in [2.75, 3.05) is 11.9 Å². The molecule has 0 saturated heterocycles. The summed E-state index contributed by atoms with van der Waals surface area (Å²) in [5.74, 6) is -1.24. The number of fused-ring (bicyclic) bond motifs is 1. The van der Waals surface area contributed by atoms with Gasteiger partial charge < -0.3 is 20.2 Å². The topological polar surface area (TPSA) is 87.4 Å². The SMILES string of the molecule is C[C@@H](CNC(=O)Nc1ccc2oc(C(F)(F)F)nc2c1)C[C@H](C)O. The van der Waals surface area contributed by atoms with Gasteiger partial charge in [0.1, 0.15) is 5.52 Å². The standard InChI is InChI=1S/C15H18F3N3O3/c1-8(5-9(2)22)7-19-14(23)20-10-3-4-12-11(6-10)21-13(24-12)15(16,17)18/h3-4,6,8-9,22H,5,7H2,1-2H3,(H2,19,20,23)/t8-,9+/m1/s1. The Labute approximate surface area is 136 Å². The number of urea groups is 1. The third-order valence-corrected chi connectivity index (χ3v) is 3.24. The second-order valence-electron chi connectivity index (χ2n) is 5.72. The molecule has 2 atom stereocenters. The molecular formula is C15H18F3N3O3. The third kappa shape index (κ3) is 4.85. The number of aromatic nitrogens is 1. The molecule has 0 aliphatic carbocycles. The van der Waals surface area contributed by atoms with Crippen molar-refractivity contribution in [1.29, 1.82) is 0 Å². The highest BCUT2D eigenvalue weighted by Gasteiger charge is 2.37. The molecule has 0 bridgehead atoms. The molecule has 24 heavy (non-hydrogen) atoms. The van der Waals surface area contributed by atoms with E-state index in [1.807, 2.05) is 6.92 Å². The van der Waals surface area contributed by atoms with Crippen LogP contribution in [0.25, 0.3) is 11.1 Å². The summed E-state index contributed by atoms with van der Waals surface area (Å²) in [5, 5.41) is 14.4. The van der Waals surface area contributed by atoms with Gasteiger partial charge in [-0.15, -0.1) is 0 Å². The first-order valence-electron chi connectivity index (χ1n) is 7.36. The molecule has 2 rings (SSSR count). The van der Waals surface area contributed by atoms with Crippen LogP contribution in [0.1, 0.15) is 26.2 Å². The summed E-state index contributed by atoms with van der Waals surface area (Å²) >= 11 is 0. The second-order valence-corrected chi connectivity index (χ2v) is 5.72. The van der Waals surface area contributed by atoms with Crippen molar-refractivity contribution in [2.45, 2.75) is 32.5 Å². The molecule has 6 nitrogen and oxygen atoms in total. The van der Waals surface area contributed by atoms with Crippen molar-refractivity contribution in [2.24, 2.45) is 5.92 Å². The van der Waals surface area contributed by atoms with E-state index in [1.54, 1.807) is 6.92 Å². The number of nitrogens with zero attached hydrogens (tertiary/aromatic N) is 1. The number of alkyl halides is 3. The summed E-state index contributed by atoms with van der Waals surface area (Å²) in [6.45, 7) is 3.91. The van der Waals surface area contributed by atoms with Crippen LogP contribution in [-0.2, 0) is 6.18 Å². The summed E-state index contributed by atoms with van der Waals surface area (Å²) in [7, 11) is 0. The number of oxazole rings is 1. The first-order chi connectivity index (χ1) is 11.1. The van der Waals surface area contributed by atoms with E-state index < -0.39 is 24.2 Å². The van der Waals surface area contributed by atoms with E-state index in [0.717, 1.165) is 0 Å². The van der Waals surface area contributed by atoms with Gasteiger partial charge in [-0.05, 0) is 37.5 Å². The summed E-state index contributed by atoms with van der Waals surface area (Å²) in [4.78, 5) is 15.2. The van der Waals surface area contributed by atoms with Crippen molar-refractivity contribution in [3.8, 4) is 0 Å². The Balaban J connectivity index is 1.98. The van der Waals surface area contributed by atoms with Crippen LogP contribution < -0.4 is 10.6 Å². The number of rotatable bonds is 5. The monoisotopic (exact) mass is 345 g/mol. The van der Waals surface area contributed by atoms with E-state index in [0.29, 0.717) is 18.7 Å². The minimum absolute atomic E-state index is 0.00241. The molecular weight excluding hydrogens is 327 g/mol. The lowest BCUT2D eigenvalue weighted by atomic mass is 10.1. The number of aliphatic hydroxyl groups excluding tert-OH is 1. The Hall–Kier alpha value is -2.29. The lowest BCUT2D eigenvalue weighted by Crippen LogP contribution is -2.33. The van der Waals surface area contributed by atoms with Gasteiger partial charge in [-0.25, -0.2) is 9.78 Å². The Morgan fingerprint density at radius 1 is 1.38 bits per heavy atom. The number of carbonyl (C=O) groups excluding carboxylic acids is 1. The molecule has 2 amide bonds. The zero-order valence-electron chi connectivity index (χ0n) is 13.1. The minimum Gasteiger partial charge on any atom is -0.433 e. The Bertz CT molecular complexity index is 713. The number of carbonyl (C=O) groups is 1. The lowest BCUT2D eigenvalue weighted by Gasteiger charge is -2.14. The van der Waals surface area contributed by atoms with Crippen LogP contribution in [0, 0.1) is 5.92 Å². The fourth-order valence-electron chi connectivity index (χ4n) is 2.23. The highest BCUT2D eigenvalue weighted by Crippen LogP contribution is 2.31. The van der Waals surface area contributed by atoms with Crippen LogP contribution in [-0.4, -0.2) is 28.8 Å². The molecule has 0 radical (unpaired) electrons. The predicted molar refractivity (Wildman–Crippen MR) is 81.5 cm³/mol. The quantitative estimate of drug-likeness (QED) is 0.775. The Morgan fingerprint density at radius 2 is 2.08 bits per heavy atom. The maximum Gasteiger partial charge on any atom is 0.468 e. The van der Waals surface area contributed by atoms with E-state index in [2.05, 4.69) is 20.0 Å². The predicted octanol–water partition coefficient (Wildman–Crippen LogP) is 3.38. The van der Waals surface area contributed by atoms with Crippen molar-refractivity contribution in [1.82, 2.24) is 10.3 Å². The van der Waals surface area contributed by atoms with Crippen LogP contribution >= 0.6 is 0 Å². The van der Waals surface area contributed by atoms with Crippen LogP contribution in [0.3, 0.4) is 0 Å². The zero-order chi connectivity index (χ0) is 17.9. The van der Waals surface area contributed by atoms with Crippen molar-refractivity contribution >= 4 is 22.8 Å². The maximum atomic E-state index is 12.5. The van der Waals surface area contributed by atoms with Crippen molar-refractivity contribution < 1.29 is 27.5 Å². The fraction of sp³-hybridized carbons (Fsp3) is 0.467. The molecule has 132 valence electrons. The number of amides is 2. The average molecular weight is 345 g/mol. The first-order valence-corrected chi connectivity index (χ1v) is 7.36. The fourth-order valence-corrected chi connectivity index (χ4v) is 2.23. The molecule has 1 aromatic heterocycles. The maximum absolute atomic E-state index is 12.5. The van der Waals surface area contributed by atoms with Crippen LogP contribution in [0.2, 0.25) is 0 Å². The van der Waals surface area contributed by atoms with Gasteiger partial charge in [0.2, 0.25) is 0 Å². The van der Waals surface area contributed by atoms with Gasteiger partial charge in [0.15, 0.2) is 5.58 Å². The summed E-state index contributed by atoms with van der Waals surface area (Å²) in [6, 6.07) is 3.54. The molecule has 2 aromatic rings.